The van der Waals surface area contributed by atoms with E-state index in [2.05, 4.69) is 20.0 Å². The number of carbonyl (C=O) groups excluding carboxylic acids is 1. The van der Waals surface area contributed by atoms with Gasteiger partial charge in [-0.05, 0) is 36.8 Å². The van der Waals surface area contributed by atoms with E-state index in [9.17, 15) is 13.2 Å². The summed E-state index contributed by atoms with van der Waals surface area (Å²) in [5, 5.41) is 2.77. The van der Waals surface area contributed by atoms with E-state index in [0.717, 1.165) is 5.56 Å². The van der Waals surface area contributed by atoms with Crippen LogP contribution in [0.5, 0.6) is 5.75 Å². The number of aromatic nitrogens is 2. The largest absolute Gasteiger partial charge is 0.453 e. The molecular weight excluding hydrogens is 382 g/mol. The Morgan fingerprint density at radius 1 is 1.23 bits per heavy atom. The number of imidazole rings is 1. The number of H-pyrrole nitrogens is 1. The summed E-state index contributed by atoms with van der Waals surface area (Å²) < 4.78 is 34.6. The molecule has 0 fully saturated rings. The summed E-state index contributed by atoms with van der Waals surface area (Å²) in [7, 11) is -2.86. The molecule has 1 amide bonds. The van der Waals surface area contributed by atoms with Crippen LogP contribution in [0.15, 0.2) is 41.3 Å². The van der Waals surface area contributed by atoms with Crippen molar-refractivity contribution < 1.29 is 22.1 Å². The van der Waals surface area contributed by atoms with Gasteiger partial charge in [0.25, 0.3) is 0 Å². The van der Waals surface area contributed by atoms with Crippen LogP contribution in [0.25, 0.3) is 11.0 Å². The zero-order valence-electron chi connectivity index (χ0n) is 13.7. The molecule has 0 saturated carbocycles. The molecule has 3 rings (SSSR count). The molecule has 0 aliphatic carbocycles. The van der Waals surface area contributed by atoms with Gasteiger partial charge >= 0.3 is 16.2 Å². The molecule has 3 aromatic rings. The van der Waals surface area contributed by atoms with Crippen LogP contribution in [0.3, 0.4) is 0 Å². The summed E-state index contributed by atoms with van der Waals surface area (Å²) >= 11 is 5.99. The Labute approximate surface area is 154 Å². The minimum atomic E-state index is -4.08. The van der Waals surface area contributed by atoms with Gasteiger partial charge in [0.1, 0.15) is 10.6 Å². The normalized spacial score (nSPS) is 11.3. The molecule has 0 radical (unpaired) electrons. The molecule has 0 bridgehead atoms. The number of benzene rings is 2. The van der Waals surface area contributed by atoms with Crippen molar-refractivity contribution in [1.82, 2.24) is 9.97 Å². The second-order valence-electron chi connectivity index (χ2n) is 5.33. The Balaban J connectivity index is 1.90. The van der Waals surface area contributed by atoms with Gasteiger partial charge in [-0.15, -0.1) is 0 Å². The number of amides is 1. The molecule has 136 valence electrons. The van der Waals surface area contributed by atoms with Crippen LogP contribution in [0.4, 0.5) is 10.7 Å². The maximum absolute atomic E-state index is 12.5. The zero-order chi connectivity index (χ0) is 18.9. The number of ether oxygens (including phenoxy) is 1. The summed E-state index contributed by atoms with van der Waals surface area (Å²) in [6.07, 6.45) is -0.698. The Kier molecular flexibility index (Phi) is 4.75. The third-order valence-electron chi connectivity index (χ3n) is 3.50. The number of aryl methyl sites for hydroxylation is 1. The lowest BCUT2D eigenvalue weighted by atomic mass is 10.2. The molecule has 0 aliphatic rings. The standard InChI is InChI=1S/C16H14ClN3O5S/c1-9-3-4-10(7-12(9)17)25-26(22,23)11-5-6-13-14(8-11)19-15(18-13)20-16(21)24-2/h3-8H,1-2H3,(H2,18,19,20,21). The van der Waals surface area contributed by atoms with E-state index in [-0.39, 0.29) is 16.6 Å². The number of nitrogens with one attached hydrogen (secondary N) is 2. The van der Waals surface area contributed by atoms with Crippen molar-refractivity contribution in [3.63, 3.8) is 0 Å². The van der Waals surface area contributed by atoms with Gasteiger partial charge in [-0.2, -0.15) is 8.42 Å². The number of methoxy groups -OCH3 is 1. The summed E-state index contributed by atoms with van der Waals surface area (Å²) in [6, 6.07) is 8.83. The Morgan fingerprint density at radius 2 is 2.00 bits per heavy atom. The van der Waals surface area contributed by atoms with Crippen LogP contribution in [0.2, 0.25) is 5.02 Å². The van der Waals surface area contributed by atoms with Crippen molar-refractivity contribution in [2.75, 3.05) is 12.4 Å². The van der Waals surface area contributed by atoms with Gasteiger partial charge in [0, 0.05) is 11.1 Å². The maximum Gasteiger partial charge on any atom is 0.413 e. The fraction of sp³-hybridized carbons (Fsp3) is 0.125. The van der Waals surface area contributed by atoms with Crippen molar-refractivity contribution in [1.29, 1.82) is 0 Å². The average Bonchev–Trinajstić information content (AvgIpc) is 2.99. The highest BCUT2D eigenvalue weighted by atomic mass is 35.5. The second kappa shape index (κ2) is 6.85. The lowest BCUT2D eigenvalue weighted by Crippen LogP contribution is -2.11. The van der Waals surface area contributed by atoms with E-state index in [1.54, 1.807) is 13.0 Å². The number of carbonyl (C=O) groups is 1. The Bertz CT molecular complexity index is 1090. The predicted molar refractivity (Wildman–Crippen MR) is 96.1 cm³/mol. The van der Waals surface area contributed by atoms with Crippen LogP contribution in [0, 0.1) is 6.92 Å². The van der Waals surface area contributed by atoms with Crippen molar-refractivity contribution >= 4 is 44.8 Å². The molecule has 2 N–H and O–H groups in total. The lowest BCUT2D eigenvalue weighted by molar-refractivity contribution is 0.186. The summed E-state index contributed by atoms with van der Waals surface area (Å²) in [4.78, 5) is 18.1. The fourth-order valence-corrected chi connectivity index (χ4v) is 3.26. The van der Waals surface area contributed by atoms with Crippen molar-refractivity contribution in [3.8, 4) is 5.75 Å². The Morgan fingerprint density at radius 3 is 2.69 bits per heavy atom. The highest BCUT2D eigenvalue weighted by Crippen LogP contribution is 2.26. The molecule has 10 heteroatoms. The second-order valence-corrected chi connectivity index (χ2v) is 7.28. The molecule has 1 heterocycles. The molecule has 0 aliphatic heterocycles. The molecule has 1 aromatic heterocycles. The van der Waals surface area contributed by atoms with Crippen LogP contribution >= 0.6 is 11.6 Å². The smallest absolute Gasteiger partial charge is 0.413 e. The van der Waals surface area contributed by atoms with Gasteiger partial charge in [-0.1, -0.05) is 17.7 Å². The number of hydrogen-bond donors (Lipinski definition) is 2. The summed E-state index contributed by atoms with van der Waals surface area (Å²) in [5.41, 5.74) is 1.68. The van der Waals surface area contributed by atoms with Gasteiger partial charge in [0.15, 0.2) is 0 Å². The van der Waals surface area contributed by atoms with E-state index < -0.39 is 16.2 Å². The molecule has 8 nitrogen and oxygen atoms in total. The third-order valence-corrected chi connectivity index (χ3v) is 5.15. The van der Waals surface area contributed by atoms with E-state index >= 15 is 0 Å². The number of fused-ring (bicyclic) bond motifs is 1. The minimum Gasteiger partial charge on any atom is -0.453 e. The van der Waals surface area contributed by atoms with Crippen molar-refractivity contribution in [3.05, 3.63) is 47.0 Å². The van der Waals surface area contributed by atoms with Crippen LogP contribution in [0.1, 0.15) is 5.56 Å². The number of rotatable bonds is 4. The van der Waals surface area contributed by atoms with Crippen molar-refractivity contribution in [2.45, 2.75) is 11.8 Å². The van der Waals surface area contributed by atoms with Gasteiger partial charge < -0.3 is 13.9 Å². The first-order valence-corrected chi connectivity index (χ1v) is 9.12. The number of aromatic amines is 1. The fourth-order valence-electron chi connectivity index (χ4n) is 2.15. The van der Waals surface area contributed by atoms with E-state index in [0.29, 0.717) is 16.1 Å². The number of nitrogens with zero attached hydrogens (tertiary/aromatic N) is 1. The summed E-state index contributed by atoms with van der Waals surface area (Å²) in [6.45, 7) is 1.80. The van der Waals surface area contributed by atoms with Crippen LogP contribution < -0.4 is 9.50 Å². The summed E-state index contributed by atoms with van der Waals surface area (Å²) in [5.74, 6) is 0.239. The molecular formula is C16H14ClN3O5S. The Hall–Kier alpha value is -2.78. The van der Waals surface area contributed by atoms with E-state index in [1.807, 2.05) is 0 Å². The van der Waals surface area contributed by atoms with Gasteiger partial charge in [-0.25, -0.2) is 9.78 Å². The third kappa shape index (κ3) is 3.73. The quantitative estimate of drug-likeness (QED) is 0.654. The monoisotopic (exact) mass is 395 g/mol. The first-order valence-electron chi connectivity index (χ1n) is 7.34. The lowest BCUT2D eigenvalue weighted by Gasteiger charge is -2.08. The number of hydrogen-bond acceptors (Lipinski definition) is 6. The first-order chi connectivity index (χ1) is 12.3. The number of anilines is 1. The van der Waals surface area contributed by atoms with Crippen molar-refractivity contribution in [2.24, 2.45) is 0 Å². The number of halogens is 1. The van der Waals surface area contributed by atoms with E-state index in [4.69, 9.17) is 15.8 Å². The molecule has 0 unspecified atom stereocenters. The SMILES string of the molecule is COC(=O)Nc1nc2cc(S(=O)(=O)Oc3ccc(C)c(Cl)c3)ccc2[nH]1. The molecule has 0 atom stereocenters. The molecule has 0 spiro atoms. The highest BCUT2D eigenvalue weighted by molar-refractivity contribution is 7.87. The predicted octanol–water partition coefficient (Wildman–Crippen LogP) is 3.47. The maximum atomic E-state index is 12.5. The van der Waals surface area contributed by atoms with Gasteiger partial charge in [0.2, 0.25) is 5.95 Å². The first kappa shape index (κ1) is 18.0. The minimum absolute atomic E-state index is 0.0854. The van der Waals surface area contributed by atoms with Crippen LogP contribution in [-0.2, 0) is 14.9 Å². The van der Waals surface area contributed by atoms with E-state index in [1.165, 1.54) is 37.4 Å². The topological polar surface area (TPSA) is 110 Å². The zero-order valence-corrected chi connectivity index (χ0v) is 15.3. The van der Waals surface area contributed by atoms with Gasteiger partial charge in [-0.3, -0.25) is 5.32 Å². The highest BCUT2D eigenvalue weighted by Gasteiger charge is 2.19. The molecule has 26 heavy (non-hydrogen) atoms. The molecule has 2 aromatic carbocycles. The average molecular weight is 396 g/mol. The molecule has 0 saturated heterocycles. The van der Waals surface area contributed by atoms with Gasteiger partial charge in [0.05, 0.1) is 18.1 Å². The van der Waals surface area contributed by atoms with Crippen LogP contribution in [-0.4, -0.2) is 31.6 Å².